The van der Waals surface area contributed by atoms with Gasteiger partial charge >= 0.3 is 0 Å². The van der Waals surface area contributed by atoms with E-state index in [1.807, 2.05) is 30.3 Å². The SMILES string of the molecule is CN=S(=O)(CC1(O)[C@@H]2CC[C@@H](C2)C1(C)C)c1ccccc1. The van der Waals surface area contributed by atoms with E-state index in [1.54, 1.807) is 7.05 Å². The fourth-order valence-corrected chi connectivity index (χ4v) is 6.73. The van der Waals surface area contributed by atoms with Crippen molar-refractivity contribution in [2.45, 2.75) is 43.6 Å². The smallest absolute Gasteiger partial charge is 0.0856 e. The van der Waals surface area contributed by atoms with Crippen LogP contribution in [0, 0.1) is 17.3 Å². The van der Waals surface area contributed by atoms with Gasteiger partial charge in [0.05, 0.1) is 21.1 Å². The highest BCUT2D eigenvalue weighted by Gasteiger charge is 2.63. The number of nitrogens with zero attached hydrogens (tertiary/aromatic N) is 1. The molecule has 0 aliphatic heterocycles. The van der Waals surface area contributed by atoms with Gasteiger partial charge in [-0.2, -0.15) is 0 Å². The first kappa shape index (κ1) is 15.0. The maximum absolute atomic E-state index is 13.4. The van der Waals surface area contributed by atoms with Crippen molar-refractivity contribution in [3.8, 4) is 0 Å². The summed E-state index contributed by atoms with van der Waals surface area (Å²) in [7, 11) is -0.956. The summed E-state index contributed by atoms with van der Waals surface area (Å²) in [6.45, 7) is 4.27. The summed E-state index contributed by atoms with van der Waals surface area (Å²) in [5.74, 6) is 1.07. The summed E-state index contributed by atoms with van der Waals surface area (Å²) in [5, 5.41) is 11.4. The number of hydrogen-bond acceptors (Lipinski definition) is 3. The Hall–Kier alpha value is -0.870. The molecule has 2 unspecified atom stereocenters. The van der Waals surface area contributed by atoms with E-state index in [9.17, 15) is 9.32 Å². The van der Waals surface area contributed by atoms with Crippen LogP contribution in [-0.2, 0) is 9.73 Å². The van der Waals surface area contributed by atoms with Gasteiger partial charge in [0, 0.05) is 11.9 Å². The molecule has 0 saturated heterocycles. The number of hydrogen-bond donors (Lipinski definition) is 1. The van der Waals surface area contributed by atoms with Gasteiger partial charge in [-0.25, -0.2) is 8.57 Å². The zero-order chi connectivity index (χ0) is 15.3. The third-order valence-electron chi connectivity index (χ3n) is 6.07. The van der Waals surface area contributed by atoms with Gasteiger partial charge in [-0.1, -0.05) is 32.0 Å². The average Bonchev–Trinajstić information content (AvgIpc) is 3.03. The first-order valence-corrected chi connectivity index (χ1v) is 9.42. The number of aliphatic hydroxyl groups is 1. The second-order valence-corrected chi connectivity index (χ2v) is 9.54. The van der Waals surface area contributed by atoms with Crippen molar-refractivity contribution >= 4 is 9.73 Å². The molecule has 0 aromatic heterocycles. The lowest BCUT2D eigenvalue weighted by Gasteiger charge is -2.46. The molecule has 4 atom stereocenters. The molecule has 1 aromatic carbocycles. The van der Waals surface area contributed by atoms with E-state index >= 15 is 0 Å². The standard InChI is InChI=1S/C17H25NO2S/c1-16(2)13-9-10-14(11-13)17(16,19)12-21(20,18-3)15-7-5-4-6-8-15/h4-8,13-14,19H,9-12H2,1-3H3/t13-,14+,17?,21?/m0/s1. The van der Waals surface area contributed by atoms with E-state index in [1.165, 1.54) is 6.42 Å². The van der Waals surface area contributed by atoms with Gasteiger partial charge in [0.25, 0.3) is 0 Å². The normalized spacial score (nSPS) is 36.4. The van der Waals surface area contributed by atoms with Crippen LogP contribution in [0.1, 0.15) is 33.1 Å². The highest BCUT2D eigenvalue weighted by atomic mass is 32.2. The van der Waals surface area contributed by atoms with Gasteiger partial charge in [-0.15, -0.1) is 0 Å². The van der Waals surface area contributed by atoms with Crippen molar-refractivity contribution in [1.29, 1.82) is 0 Å². The van der Waals surface area contributed by atoms with Crippen LogP contribution in [0.4, 0.5) is 0 Å². The van der Waals surface area contributed by atoms with Crippen LogP contribution in [0.5, 0.6) is 0 Å². The second kappa shape index (κ2) is 4.82. The van der Waals surface area contributed by atoms with Gasteiger partial charge in [0.2, 0.25) is 0 Å². The van der Waals surface area contributed by atoms with Gasteiger partial charge in [0.15, 0.2) is 0 Å². The molecule has 3 nitrogen and oxygen atoms in total. The van der Waals surface area contributed by atoms with Crippen molar-refractivity contribution < 1.29 is 9.32 Å². The Balaban J connectivity index is 2.01. The summed E-state index contributed by atoms with van der Waals surface area (Å²) in [6.07, 6.45) is 3.31. The van der Waals surface area contributed by atoms with Crippen LogP contribution >= 0.6 is 0 Å². The third kappa shape index (κ3) is 2.07. The quantitative estimate of drug-likeness (QED) is 0.931. The molecular weight excluding hydrogens is 282 g/mol. The predicted molar refractivity (Wildman–Crippen MR) is 85.6 cm³/mol. The van der Waals surface area contributed by atoms with Crippen LogP contribution in [0.25, 0.3) is 0 Å². The zero-order valence-corrected chi connectivity index (χ0v) is 13.9. The van der Waals surface area contributed by atoms with E-state index in [0.717, 1.165) is 17.7 Å². The fourth-order valence-electron chi connectivity index (χ4n) is 4.44. The van der Waals surface area contributed by atoms with Crippen molar-refractivity contribution in [3.63, 3.8) is 0 Å². The molecule has 2 aliphatic rings. The Bertz CT molecular complexity index is 646. The van der Waals surface area contributed by atoms with E-state index < -0.39 is 15.3 Å². The van der Waals surface area contributed by atoms with Gasteiger partial charge in [-0.05, 0) is 48.6 Å². The molecule has 0 radical (unpaired) electrons. The molecule has 0 spiro atoms. The molecule has 21 heavy (non-hydrogen) atoms. The average molecular weight is 307 g/mol. The molecule has 3 rings (SSSR count). The molecule has 116 valence electrons. The zero-order valence-electron chi connectivity index (χ0n) is 13.1. The molecule has 1 N–H and O–H groups in total. The highest BCUT2D eigenvalue weighted by Crippen LogP contribution is 2.62. The topological polar surface area (TPSA) is 49.7 Å². The van der Waals surface area contributed by atoms with Crippen molar-refractivity contribution in [1.82, 2.24) is 0 Å². The Morgan fingerprint density at radius 1 is 1.24 bits per heavy atom. The Morgan fingerprint density at radius 3 is 2.38 bits per heavy atom. The van der Waals surface area contributed by atoms with Crippen molar-refractivity contribution in [2.24, 2.45) is 21.6 Å². The lowest BCUT2D eigenvalue weighted by atomic mass is 9.66. The largest absolute Gasteiger partial charge is 0.388 e. The lowest BCUT2D eigenvalue weighted by Crippen LogP contribution is -2.53. The molecule has 2 aliphatic carbocycles. The molecule has 0 heterocycles. The minimum Gasteiger partial charge on any atom is -0.388 e. The van der Waals surface area contributed by atoms with Crippen molar-refractivity contribution in [2.75, 3.05) is 12.8 Å². The Morgan fingerprint density at radius 2 is 1.86 bits per heavy atom. The van der Waals surface area contributed by atoms with Crippen LogP contribution in [-0.4, -0.2) is 27.7 Å². The number of fused-ring (bicyclic) bond motifs is 2. The van der Waals surface area contributed by atoms with Gasteiger partial charge < -0.3 is 5.11 Å². The minimum atomic E-state index is -2.57. The van der Waals surface area contributed by atoms with E-state index in [4.69, 9.17) is 0 Å². The Kier molecular flexibility index (Phi) is 3.45. The molecule has 2 saturated carbocycles. The van der Waals surface area contributed by atoms with Gasteiger partial charge in [0.1, 0.15) is 0 Å². The third-order valence-corrected chi connectivity index (χ3v) is 8.50. The monoisotopic (exact) mass is 307 g/mol. The van der Waals surface area contributed by atoms with E-state index in [2.05, 4.69) is 18.2 Å². The lowest BCUT2D eigenvalue weighted by molar-refractivity contribution is -0.0870. The Labute approximate surface area is 128 Å². The molecule has 1 aromatic rings. The summed E-state index contributed by atoms with van der Waals surface area (Å²) in [5.41, 5.74) is -1.06. The van der Waals surface area contributed by atoms with E-state index in [0.29, 0.717) is 5.92 Å². The van der Waals surface area contributed by atoms with Crippen LogP contribution in [0.3, 0.4) is 0 Å². The summed E-state index contributed by atoms with van der Waals surface area (Å²) in [6, 6.07) is 9.40. The summed E-state index contributed by atoms with van der Waals surface area (Å²) < 4.78 is 17.6. The van der Waals surface area contributed by atoms with Gasteiger partial charge in [-0.3, -0.25) is 0 Å². The van der Waals surface area contributed by atoms with Crippen LogP contribution in [0.15, 0.2) is 39.6 Å². The van der Waals surface area contributed by atoms with Crippen LogP contribution < -0.4 is 0 Å². The van der Waals surface area contributed by atoms with Crippen molar-refractivity contribution in [3.05, 3.63) is 30.3 Å². The number of benzene rings is 1. The maximum Gasteiger partial charge on any atom is 0.0856 e. The summed E-state index contributed by atoms with van der Waals surface area (Å²) in [4.78, 5) is 0.736. The second-order valence-electron chi connectivity index (χ2n) is 7.13. The molecule has 2 bridgehead atoms. The molecule has 2 fully saturated rings. The van der Waals surface area contributed by atoms with E-state index in [-0.39, 0.29) is 17.1 Å². The first-order valence-electron chi connectivity index (χ1n) is 7.74. The molecule has 0 amide bonds. The minimum absolute atomic E-state index is 0.182. The fraction of sp³-hybridized carbons (Fsp3) is 0.647. The number of rotatable bonds is 3. The maximum atomic E-state index is 13.4. The molecular formula is C17H25NO2S. The predicted octanol–water partition coefficient (Wildman–Crippen LogP) is 3.33. The first-order chi connectivity index (χ1) is 9.83. The summed E-state index contributed by atoms with van der Waals surface area (Å²) >= 11 is 0. The van der Waals surface area contributed by atoms with Crippen LogP contribution in [0.2, 0.25) is 0 Å². The molecule has 4 heteroatoms. The highest BCUT2D eigenvalue weighted by molar-refractivity contribution is 7.93.